The lowest BCUT2D eigenvalue weighted by Crippen LogP contribution is -2.26. The first-order chi connectivity index (χ1) is 10.2. The molecule has 0 fully saturated rings. The molecule has 0 spiro atoms. The fourth-order valence-electron chi connectivity index (χ4n) is 1.64. The van der Waals surface area contributed by atoms with Crippen LogP contribution in [-0.4, -0.2) is 23.3 Å². The van der Waals surface area contributed by atoms with Crippen molar-refractivity contribution in [1.29, 1.82) is 0 Å². The number of carbonyl (C=O) groups excluding carboxylic acids is 2. The summed E-state index contributed by atoms with van der Waals surface area (Å²) in [5.41, 5.74) is 0.676. The predicted octanol–water partition coefficient (Wildman–Crippen LogP) is 2.92. The van der Waals surface area contributed by atoms with E-state index in [9.17, 15) is 9.59 Å². The molecule has 0 bridgehead atoms. The highest BCUT2D eigenvalue weighted by Gasteiger charge is 2.11. The molecule has 0 aromatic carbocycles. The van der Waals surface area contributed by atoms with Crippen molar-refractivity contribution in [3.63, 3.8) is 0 Å². The summed E-state index contributed by atoms with van der Waals surface area (Å²) >= 11 is 2.71. The van der Waals surface area contributed by atoms with Crippen molar-refractivity contribution in [3.05, 3.63) is 33.5 Å². The topological polar surface area (TPSA) is 71.1 Å². The van der Waals surface area contributed by atoms with Gasteiger partial charge < -0.3 is 5.32 Å². The van der Waals surface area contributed by atoms with Crippen molar-refractivity contribution in [2.75, 3.05) is 11.9 Å². The second kappa shape index (κ2) is 7.90. The van der Waals surface area contributed by atoms with Gasteiger partial charge in [-0.05, 0) is 17.9 Å². The molecular formula is C14H17N3O2S2. The number of unbranched alkanes of at least 4 members (excludes halogenated alkanes) is 1. The highest BCUT2D eigenvalue weighted by atomic mass is 32.1. The Morgan fingerprint density at radius 1 is 1.33 bits per heavy atom. The van der Waals surface area contributed by atoms with Crippen LogP contribution in [0.3, 0.4) is 0 Å². The van der Waals surface area contributed by atoms with E-state index < -0.39 is 0 Å². The van der Waals surface area contributed by atoms with Crippen molar-refractivity contribution >= 4 is 39.6 Å². The molecule has 2 heterocycles. The second-order valence-corrected chi connectivity index (χ2v) is 6.26. The number of nitrogens with zero attached hydrogens (tertiary/aromatic N) is 1. The van der Waals surface area contributed by atoms with Gasteiger partial charge in [0.15, 0.2) is 5.13 Å². The molecule has 0 atom stereocenters. The molecule has 2 aromatic heterocycles. The molecule has 0 unspecified atom stereocenters. The van der Waals surface area contributed by atoms with Crippen LogP contribution in [0.4, 0.5) is 5.13 Å². The Morgan fingerprint density at radius 2 is 2.19 bits per heavy atom. The van der Waals surface area contributed by atoms with Gasteiger partial charge in [-0.3, -0.25) is 14.9 Å². The first-order valence-electron chi connectivity index (χ1n) is 6.75. The highest BCUT2D eigenvalue weighted by Crippen LogP contribution is 2.18. The van der Waals surface area contributed by atoms with Crippen LogP contribution in [0.2, 0.25) is 0 Å². The van der Waals surface area contributed by atoms with Gasteiger partial charge in [0.1, 0.15) is 0 Å². The number of thiophene rings is 1. The number of hydrogen-bond donors (Lipinski definition) is 2. The molecule has 0 aliphatic heterocycles. The molecule has 112 valence electrons. The molecule has 2 amide bonds. The fraction of sp³-hybridized carbons (Fsp3) is 0.357. The van der Waals surface area contributed by atoms with Crippen LogP contribution >= 0.6 is 22.7 Å². The van der Waals surface area contributed by atoms with Crippen molar-refractivity contribution in [1.82, 2.24) is 10.3 Å². The number of rotatable bonds is 7. The average molecular weight is 323 g/mol. The van der Waals surface area contributed by atoms with E-state index in [0.717, 1.165) is 12.8 Å². The SMILES string of the molecule is CCCCNC(=O)Cc1csc(NC(=O)c2cccs2)n1. The van der Waals surface area contributed by atoms with Crippen LogP contribution in [0, 0.1) is 0 Å². The summed E-state index contributed by atoms with van der Waals surface area (Å²) in [6, 6.07) is 3.59. The van der Waals surface area contributed by atoms with Crippen LogP contribution < -0.4 is 10.6 Å². The van der Waals surface area contributed by atoms with Crippen LogP contribution in [0.25, 0.3) is 0 Å². The molecule has 0 radical (unpaired) electrons. The van der Waals surface area contributed by atoms with Crippen LogP contribution in [0.15, 0.2) is 22.9 Å². The molecule has 21 heavy (non-hydrogen) atoms. The van der Waals surface area contributed by atoms with Crippen molar-refractivity contribution in [2.45, 2.75) is 26.2 Å². The molecule has 0 aliphatic carbocycles. The van der Waals surface area contributed by atoms with E-state index in [4.69, 9.17) is 0 Å². The Bertz CT molecular complexity index is 593. The van der Waals surface area contributed by atoms with Gasteiger partial charge >= 0.3 is 0 Å². The number of nitrogens with one attached hydrogen (secondary N) is 2. The van der Waals surface area contributed by atoms with Crippen LogP contribution in [-0.2, 0) is 11.2 Å². The standard InChI is InChI=1S/C14H17N3O2S2/c1-2-3-6-15-12(18)8-10-9-21-14(16-10)17-13(19)11-5-4-7-20-11/h4-5,7,9H,2-3,6,8H2,1H3,(H,15,18)(H,16,17,19). The molecule has 2 rings (SSSR count). The quantitative estimate of drug-likeness (QED) is 0.770. The van der Waals surface area contributed by atoms with E-state index in [1.165, 1.54) is 22.7 Å². The second-order valence-electron chi connectivity index (χ2n) is 4.46. The minimum atomic E-state index is -0.168. The Balaban J connectivity index is 1.84. The fourth-order valence-corrected chi connectivity index (χ4v) is 2.97. The summed E-state index contributed by atoms with van der Waals surface area (Å²) in [6.45, 7) is 2.77. The van der Waals surface area contributed by atoms with Crippen LogP contribution in [0.1, 0.15) is 35.1 Å². The molecule has 5 nitrogen and oxygen atoms in total. The Morgan fingerprint density at radius 3 is 2.90 bits per heavy atom. The molecule has 0 saturated carbocycles. The Labute approximate surface area is 131 Å². The number of anilines is 1. The first kappa shape index (κ1) is 15.7. The Hall–Kier alpha value is -1.73. The summed E-state index contributed by atoms with van der Waals surface area (Å²) in [7, 11) is 0. The van der Waals surface area contributed by atoms with E-state index in [2.05, 4.69) is 22.5 Å². The summed E-state index contributed by atoms with van der Waals surface area (Å²) in [5.74, 6) is -0.205. The third kappa shape index (κ3) is 4.95. The van der Waals surface area contributed by atoms with E-state index in [-0.39, 0.29) is 18.2 Å². The molecule has 7 heteroatoms. The Kier molecular flexibility index (Phi) is 5.89. The van der Waals surface area contributed by atoms with E-state index in [1.54, 1.807) is 11.4 Å². The summed E-state index contributed by atoms with van der Waals surface area (Å²) in [6.07, 6.45) is 2.27. The molecule has 2 N–H and O–H groups in total. The smallest absolute Gasteiger partial charge is 0.267 e. The average Bonchev–Trinajstić information content (AvgIpc) is 3.10. The lowest BCUT2D eigenvalue weighted by molar-refractivity contribution is -0.120. The number of hydrogen-bond acceptors (Lipinski definition) is 5. The third-order valence-electron chi connectivity index (χ3n) is 2.71. The summed E-state index contributed by atoms with van der Waals surface area (Å²) in [4.78, 5) is 28.4. The van der Waals surface area contributed by atoms with E-state index in [1.807, 2.05) is 11.4 Å². The normalized spacial score (nSPS) is 10.3. The third-order valence-corrected chi connectivity index (χ3v) is 4.39. The monoisotopic (exact) mass is 323 g/mol. The van der Waals surface area contributed by atoms with Crippen molar-refractivity contribution in [2.24, 2.45) is 0 Å². The minimum absolute atomic E-state index is 0.0371. The lowest BCUT2D eigenvalue weighted by Gasteiger charge is -2.02. The predicted molar refractivity (Wildman–Crippen MR) is 86.0 cm³/mol. The van der Waals surface area contributed by atoms with Gasteiger partial charge in [0.2, 0.25) is 5.91 Å². The number of aromatic nitrogens is 1. The first-order valence-corrected chi connectivity index (χ1v) is 8.51. The molecular weight excluding hydrogens is 306 g/mol. The van der Waals surface area contributed by atoms with Gasteiger partial charge in [-0.1, -0.05) is 19.4 Å². The largest absolute Gasteiger partial charge is 0.356 e. The lowest BCUT2D eigenvalue weighted by atomic mass is 10.3. The maximum absolute atomic E-state index is 11.9. The summed E-state index contributed by atoms with van der Waals surface area (Å²) < 4.78 is 0. The number of thiazole rings is 1. The van der Waals surface area contributed by atoms with Gasteiger partial charge in [-0.15, -0.1) is 22.7 Å². The highest BCUT2D eigenvalue weighted by molar-refractivity contribution is 7.14. The van der Waals surface area contributed by atoms with Gasteiger partial charge in [0, 0.05) is 11.9 Å². The van der Waals surface area contributed by atoms with Gasteiger partial charge in [-0.2, -0.15) is 0 Å². The van der Waals surface area contributed by atoms with E-state index >= 15 is 0 Å². The van der Waals surface area contributed by atoms with Gasteiger partial charge in [0.25, 0.3) is 5.91 Å². The maximum Gasteiger partial charge on any atom is 0.267 e. The summed E-state index contributed by atoms with van der Waals surface area (Å²) in [5, 5.41) is 9.75. The van der Waals surface area contributed by atoms with Gasteiger partial charge in [0.05, 0.1) is 17.0 Å². The zero-order valence-electron chi connectivity index (χ0n) is 11.7. The zero-order chi connectivity index (χ0) is 15.1. The maximum atomic E-state index is 11.9. The molecule has 0 saturated heterocycles. The number of carbonyl (C=O) groups is 2. The van der Waals surface area contributed by atoms with Crippen molar-refractivity contribution in [3.8, 4) is 0 Å². The minimum Gasteiger partial charge on any atom is -0.356 e. The molecule has 0 aliphatic rings. The van der Waals surface area contributed by atoms with E-state index in [0.29, 0.717) is 22.2 Å². The zero-order valence-corrected chi connectivity index (χ0v) is 13.4. The van der Waals surface area contributed by atoms with Crippen LogP contribution in [0.5, 0.6) is 0 Å². The van der Waals surface area contributed by atoms with Crippen molar-refractivity contribution < 1.29 is 9.59 Å². The molecule has 2 aromatic rings. The number of amides is 2. The van der Waals surface area contributed by atoms with Gasteiger partial charge in [-0.25, -0.2) is 4.98 Å².